The van der Waals surface area contributed by atoms with Crippen LogP contribution in [0.3, 0.4) is 0 Å². The molecule has 1 heterocycles. The fraction of sp³-hybridized carbons (Fsp3) is 0.100. The Kier molecular flexibility index (Phi) is 2.45. The van der Waals surface area contributed by atoms with Crippen molar-refractivity contribution in [2.75, 3.05) is 6.54 Å². The molecule has 2 rings (SSSR count). The first-order chi connectivity index (χ1) is 6.74. The zero-order chi connectivity index (χ0) is 9.97. The van der Waals surface area contributed by atoms with Crippen LogP contribution >= 0.6 is 11.8 Å². The topological polar surface area (TPSA) is 49.3 Å². The van der Waals surface area contributed by atoms with Gasteiger partial charge in [0.25, 0.3) is 5.24 Å². The first kappa shape index (κ1) is 9.15. The van der Waals surface area contributed by atoms with Crippen molar-refractivity contribution >= 4 is 23.1 Å². The monoisotopic (exact) mass is 207 g/mol. The molecule has 0 radical (unpaired) electrons. The highest BCUT2D eigenvalue weighted by atomic mass is 32.2. The van der Waals surface area contributed by atoms with Gasteiger partial charge in [-0.1, -0.05) is 12.1 Å². The van der Waals surface area contributed by atoms with E-state index < -0.39 is 0 Å². The molecule has 0 aliphatic carbocycles. The van der Waals surface area contributed by atoms with Crippen LogP contribution in [0.2, 0.25) is 0 Å². The Morgan fingerprint density at radius 2 is 2.07 bits per heavy atom. The molecule has 0 saturated carbocycles. The van der Waals surface area contributed by atoms with E-state index in [1.54, 1.807) is 12.1 Å². The Bertz CT molecular complexity index is 384. The number of benzene rings is 1. The number of carbonyl (C=O) groups excluding carboxylic acids is 1. The molecule has 1 saturated heterocycles. The standard InChI is InChI=1S/C10H9NO2S/c12-8-3-1-7(2-4-8)5-9-6-11-10(13)14-9/h1-5,12H,6H2,(H,11,13). The van der Waals surface area contributed by atoms with Gasteiger partial charge in [-0.25, -0.2) is 0 Å². The van der Waals surface area contributed by atoms with Gasteiger partial charge in [-0.05, 0) is 35.5 Å². The van der Waals surface area contributed by atoms with E-state index in [9.17, 15) is 4.79 Å². The lowest BCUT2D eigenvalue weighted by molar-refractivity contribution is 0.262. The third kappa shape index (κ3) is 2.09. The van der Waals surface area contributed by atoms with Crippen LogP contribution in [-0.4, -0.2) is 16.9 Å². The van der Waals surface area contributed by atoms with Gasteiger partial charge in [0.1, 0.15) is 5.75 Å². The molecule has 0 atom stereocenters. The molecule has 1 fully saturated rings. The summed E-state index contributed by atoms with van der Waals surface area (Å²) in [4.78, 5) is 11.9. The number of hydrogen-bond acceptors (Lipinski definition) is 3. The van der Waals surface area contributed by atoms with Gasteiger partial charge in [-0.2, -0.15) is 0 Å². The second-order valence-electron chi connectivity index (χ2n) is 2.95. The molecule has 0 bridgehead atoms. The number of amides is 1. The van der Waals surface area contributed by atoms with Crippen molar-refractivity contribution in [2.24, 2.45) is 0 Å². The second-order valence-corrected chi connectivity index (χ2v) is 4.04. The van der Waals surface area contributed by atoms with Crippen LogP contribution in [0.4, 0.5) is 4.79 Å². The summed E-state index contributed by atoms with van der Waals surface area (Å²) in [6.45, 7) is 0.602. The van der Waals surface area contributed by atoms with Gasteiger partial charge in [-0.3, -0.25) is 4.79 Å². The summed E-state index contributed by atoms with van der Waals surface area (Å²) in [6, 6.07) is 6.87. The minimum Gasteiger partial charge on any atom is -0.508 e. The maximum absolute atomic E-state index is 10.9. The van der Waals surface area contributed by atoms with Gasteiger partial charge in [-0.15, -0.1) is 0 Å². The van der Waals surface area contributed by atoms with Gasteiger partial charge in [0.2, 0.25) is 0 Å². The van der Waals surface area contributed by atoms with E-state index in [-0.39, 0.29) is 11.0 Å². The molecule has 14 heavy (non-hydrogen) atoms. The van der Waals surface area contributed by atoms with Gasteiger partial charge in [0.05, 0.1) is 6.54 Å². The highest BCUT2D eigenvalue weighted by Gasteiger charge is 2.14. The van der Waals surface area contributed by atoms with Crippen LogP contribution in [0.15, 0.2) is 29.2 Å². The highest BCUT2D eigenvalue weighted by molar-refractivity contribution is 8.17. The lowest BCUT2D eigenvalue weighted by Gasteiger charge is -1.95. The maximum Gasteiger partial charge on any atom is 0.283 e. The summed E-state index contributed by atoms with van der Waals surface area (Å²) in [5, 5.41) is 11.8. The number of rotatable bonds is 1. The predicted octanol–water partition coefficient (Wildman–Crippen LogP) is 2.19. The molecule has 0 unspecified atom stereocenters. The van der Waals surface area contributed by atoms with E-state index in [0.717, 1.165) is 10.5 Å². The molecule has 1 amide bonds. The predicted molar refractivity (Wildman–Crippen MR) is 57.1 cm³/mol. The lowest BCUT2D eigenvalue weighted by atomic mass is 10.2. The van der Waals surface area contributed by atoms with Crippen molar-refractivity contribution in [2.45, 2.75) is 0 Å². The molecule has 1 aliphatic heterocycles. The maximum atomic E-state index is 10.9. The van der Waals surface area contributed by atoms with Gasteiger partial charge in [0, 0.05) is 4.91 Å². The molecular formula is C10H9NO2S. The molecule has 4 heteroatoms. The number of carbonyl (C=O) groups is 1. The summed E-state index contributed by atoms with van der Waals surface area (Å²) in [5.41, 5.74) is 0.988. The SMILES string of the molecule is O=C1NCC(=Cc2ccc(O)cc2)S1. The number of hydrogen-bond donors (Lipinski definition) is 2. The summed E-state index contributed by atoms with van der Waals surface area (Å²) in [7, 11) is 0. The quantitative estimate of drug-likeness (QED) is 0.742. The van der Waals surface area contributed by atoms with E-state index in [1.165, 1.54) is 11.8 Å². The first-order valence-electron chi connectivity index (χ1n) is 4.19. The van der Waals surface area contributed by atoms with Crippen molar-refractivity contribution < 1.29 is 9.90 Å². The molecule has 2 N–H and O–H groups in total. The number of nitrogens with one attached hydrogen (secondary N) is 1. The largest absolute Gasteiger partial charge is 0.508 e. The lowest BCUT2D eigenvalue weighted by Crippen LogP contribution is -2.09. The minimum atomic E-state index is -0.00460. The van der Waals surface area contributed by atoms with Crippen molar-refractivity contribution in [3.63, 3.8) is 0 Å². The number of phenolic OH excluding ortho intramolecular Hbond substituents is 1. The van der Waals surface area contributed by atoms with Gasteiger partial charge in [0.15, 0.2) is 0 Å². The smallest absolute Gasteiger partial charge is 0.283 e. The van der Waals surface area contributed by atoms with Crippen molar-refractivity contribution in [1.82, 2.24) is 5.32 Å². The zero-order valence-electron chi connectivity index (χ0n) is 7.36. The van der Waals surface area contributed by atoms with Crippen molar-refractivity contribution in [3.05, 3.63) is 34.7 Å². The summed E-state index contributed by atoms with van der Waals surface area (Å²) in [5.74, 6) is 0.250. The summed E-state index contributed by atoms with van der Waals surface area (Å²) >= 11 is 1.21. The summed E-state index contributed by atoms with van der Waals surface area (Å²) < 4.78 is 0. The Balaban J connectivity index is 2.17. The van der Waals surface area contributed by atoms with Crippen molar-refractivity contribution in [1.29, 1.82) is 0 Å². The Morgan fingerprint density at radius 1 is 1.36 bits per heavy atom. The summed E-state index contributed by atoms with van der Waals surface area (Å²) in [6.07, 6.45) is 1.93. The van der Waals surface area contributed by atoms with E-state index in [2.05, 4.69) is 5.32 Å². The van der Waals surface area contributed by atoms with E-state index in [4.69, 9.17) is 5.11 Å². The van der Waals surface area contributed by atoms with E-state index in [0.29, 0.717) is 6.54 Å². The fourth-order valence-corrected chi connectivity index (χ4v) is 1.91. The van der Waals surface area contributed by atoms with Crippen LogP contribution in [0.25, 0.3) is 6.08 Å². The highest BCUT2D eigenvalue weighted by Crippen LogP contribution is 2.24. The van der Waals surface area contributed by atoms with Gasteiger partial charge >= 0.3 is 0 Å². The average Bonchev–Trinajstić information content (AvgIpc) is 2.56. The Morgan fingerprint density at radius 3 is 2.64 bits per heavy atom. The Labute approximate surface area is 85.8 Å². The first-order valence-corrected chi connectivity index (χ1v) is 5.01. The molecule has 0 aromatic heterocycles. The average molecular weight is 207 g/mol. The third-order valence-electron chi connectivity index (χ3n) is 1.85. The molecule has 1 aliphatic rings. The Hall–Kier alpha value is -1.42. The fourth-order valence-electron chi connectivity index (χ4n) is 1.19. The molecule has 72 valence electrons. The van der Waals surface area contributed by atoms with E-state index in [1.807, 2.05) is 18.2 Å². The van der Waals surface area contributed by atoms with Crippen LogP contribution in [0.5, 0.6) is 5.75 Å². The molecule has 3 nitrogen and oxygen atoms in total. The van der Waals surface area contributed by atoms with Gasteiger partial charge < -0.3 is 10.4 Å². The third-order valence-corrected chi connectivity index (χ3v) is 2.71. The zero-order valence-corrected chi connectivity index (χ0v) is 8.17. The normalized spacial score (nSPS) is 18.6. The molecule has 1 aromatic carbocycles. The number of thioether (sulfide) groups is 1. The van der Waals surface area contributed by atoms with Crippen LogP contribution < -0.4 is 5.32 Å². The number of phenols is 1. The van der Waals surface area contributed by atoms with Crippen LogP contribution in [0, 0.1) is 0 Å². The molecular weight excluding hydrogens is 198 g/mol. The minimum absolute atomic E-state index is 0.00460. The molecule has 0 spiro atoms. The van der Waals surface area contributed by atoms with Crippen LogP contribution in [0.1, 0.15) is 5.56 Å². The van der Waals surface area contributed by atoms with E-state index >= 15 is 0 Å². The van der Waals surface area contributed by atoms with Crippen LogP contribution in [-0.2, 0) is 0 Å². The number of aromatic hydroxyl groups is 1. The van der Waals surface area contributed by atoms with Crippen molar-refractivity contribution in [3.8, 4) is 5.75 Å². The second kappa shape index (κ2) is 3.75. The molecule has 1 aromatic rings.